The molecule has 0 aliphatic heterocycles. The summed E-state index contributed by atoms with van der Waals surface area (Å²) in [6.07, 6.45) is -0.107. The lowest BCUT2D eigenvalue weighted by atomic mass is 10.2. The minimum absolute atomic E-state index is 0.0675. The molecule has 1 aromatic carbocycles. The molecule has 0 heterocycles. The van der Waals surface area contributed by atoms with Crippen LogP contribution in [0.25, 0.3) is 0 Å². The lowest BCUT2D eigenvalue weighted by Gasteiger charge is -2.16. The van der Waals surface area contributed by atoms with E-state index in [1.54, 1.807) is 25.3 Å². The highest BCUT2D eigenvalue weighted by molar-refractivity contribution is 6.31. The van der Waals surface area contributed by atoms with Gasteiger partial charge in [-0.25, -0.2) is 0 Å². The quantitative estimate of drug-likeness (QED) is 0.613. The van der Waals surface area contributed by atoms with Gasteiger partial charge in [-0.2, -0.15) is 0 Å². The lowest BCUT2D eigenvalue weighted by Crippen LogP contribution is -2.21. The first-order valence-corrected chi connectivity index (χ1v) is 5.22. The average molecular weight is 243 g/mol. The summed E-state index contributed by atoms with van der Waals surface area (Å²) < 4.78 is 10.6. The molecule has 4 nitrogen and oxygen atoms in total. The fraction of sp³-hybridized carbons (Fsp3) is 0.364. The van der Waals surface area contributed by atoms with E-state index in [2.05, 4.69) is 0 Å². The van der Waals surface area contributed by atoms with E-state index in [9.17, 15) is 0 Å². The highest BCUT2D eigenvalue weighted by atomic mass is 35.5. The Morgan fingerprint density at radius 3 is 2.81 bits per heavy atom. The first-order valence-electron chi connectivity index (χ1n) is 4.84. The molecule has 16 heavy (non-hydrogen) atoms. The number of ether oxygens (including phenoxy) is 2. The molecule has 5 heteroatoms. The Balaban J connectivity index is 2.90. The molecule has 1 unspecified atom stereocenters. The van der Waals surface area contributed by atoms with Crippen LogP contribution >= 0.6 is 11.6 Å². The number of rotatable bonds is 5. The number of methoxy groups -OCH3 is 1. The predicted molar refractivity (Wildman–Crippen MR) is 64.4 cm³/mol. The fourth-order valence-corrected chi connectivity index (χ4v) is 1.47. The molecule has 0 amide bonds. The number of hydrogen-bond donors (Lipinski definition) is 2. The molecule has 0 aliphatic carbocycles. The van der Waals surface area contributed by atoms with Crippen LogP contribution in [-0.2, 0) is 4.74 Å². The SMILES string of the molecule is COCC(C)Oc1ccc(Cl)cc1C(=N)N. The van der Waals surface area contributed by atoms with Crippen LogP contribution in [0.3, 0.4) is 0 Å². The zero-order valence-electron chi connectivity index (χ0n) is 9.29. The second kappa shape index (κ2) is 5.72. The van der Waals surface area contributed by atoms with E-state index in [-0.39, 0.29) is 11.9 Å². The molecule has 0 bridgehead atoms. The van der Waals surface area contributed by atoms with Gasteiger partial charge in [-0.1, -0.05) is 11.6 Å². The summed E-state index contributed by atoms with van der Waals surface area (Å²) in [6.45, 7) is 2.35. The average Bonchev–Trinajstić information content (AvgIpc) is 2.20. The van der Waals surface area contributed by atoms with Crippen molar-refractivity contribution >= 4 is 17.4 Å². The van der Waals surface area contributed by atoms with Crippen LogP contribution in [0.5, 0.6) is 5.75 Å². The van der Waals surface area contributed by atoms with Crippen LogP contribution in [0.1, 0.15) is 12.5 Å². The van der Waals surface area contributed by atoms with Crippen LogP contribution in [0.4, 0.5) is 0 Å². The summed E-state index contributed by atoms with van der Waals surface area (Å²) in [5.41, 5.74) is 5.94. The fourth-order valence-electron chi connectivity index (χ4n) is 1.30. The highest BCUT2D eigenvalue weighted by Gasteiger charge is 2.10. The minimum atomic E-state index is -0.107. The van der Waals surface area contributed by atoms with Crippen LogP contribution in [0, 0.1) is 5.41 Å². The third-order valence-corrected chi connectivity index (χ3v) is 2.20. The molecule has 0 radical (unpaired) electrons. The topological polar surface area (TPSA) is 68.3 Å². The molecule has 0 aliphatic rings. The Morgan fingerprint density at radius 1 is 1.56 bits per heavy atom. The maximum atomic E-state index is 7.43. The van der Waals surface area contributed by atoms with Crippen molar-refractivity contribution in [2.45, 2.75) is 13.0 Å². The number of nitrogen functional groups attached to an aromatic ring is 1. The van der Waals surface area contributed by atoms with Gasteiger partial charge in [0.2, 0.25) is 0 Å². The van der Waals surface area contributed by atoms with Crippen LogP contribution in [-0.4, -0.2) is 25.7 Å². The Labute approximate surface area is 99.8 Å². The minimum Gasteiger partial charge on any atom is -0.488 e. The molecule has 0 saturated heterocycles. The van der Waals surface area contributed by atoms with Gasteiger partial charge in [-0.05, 0) is 25.1 Å². The van der Waals surface area contributed by atoms with Gasteiger partial charge in [-0.15, -0.1) is 0 Å². The smallest absolute Gasteiger partial charge is 0.130 e. The number of halogens is 1. The third kappa shape index (κ3) is 3.40. The lowest BCUT2D eigenvalue weighted by molar-refractivity contribution is 0.0919. The molecule has 3 N–H and O–H groups in total. The summed E-state index contributed by atoms with van der Waals surface area (Å²) in [5, 5.41) is 7.95. The van der Waals surface area contributed by atoms with Crippen molar-refractivity contribution in [1.29, 1.82) is 5.41 Å². The highest BCUT2D eigenvalue weighted by Crippen LogP contribution is 2.23. The molecular weight excluding hydrogens is 228 g/mol. The Bertz CT molecular complexity index is 382. The maximum absolute atomic E-state index is 7.43. The third-order valence-electron chi connectivity index (χ3n) is 1.96. The van der Waals surface area contributed by atoms with Crippen molar-refractivity contribution in [2.75, 3.05) is 13.7 Å². The van der Waals surface area contributed by atoms with Crippen LogP contribution in [0.2, 0.25) is 5.02 Å². The zero-order valence-corrected chi connectivity index (χ0v) is 10.0. The molecule has 1 rings (SSSR count). The van der Waals surface area contributed by atoms with Crippen molar-refractivity contribution in [3.8, 4) is 5.75 Å². The molecular formula is C11H15ClN2O2. The van der Waals surface area contributed by atoms with Crippen molar-refractivity contribution < 1.29 is 9.47 Å². The predicted octanol–water partition coefficient (Wildman–Crippen LogP) is 2.04. The molecule has 1 atom stereocenters. The first kappa shape index (κ1) is 12.8. The second-order valence-electron chi connectivity index (χ2n) is 3.44. The number of nitrogens with two attached hydrogens (primary N) is 1. The summed E-state index contributed by atoms with van der Waals surface area (Å²) in [7, 11) is 1.60. The van der Waals surface area contributed by atoms with E-state index >= 15 is 0 Å². The molecule has 0 spiro atoms. The standard InChI is InChI=1S/C11H15ClN2O2/c1-7(6-15-2)16-10-4-3-8(12)5-9(10)11(13)14/h3-5,7H,6H2,1-2H3,(H3,13,14). The number of amidine groups is 1. The van der Waals surface area contributed by atoms with Gasteiger partial charge in [-0.3, -0.25) is 5.41 Å². The normalized spacial score (nSPS) is 12.2. The van der Waals surface area contributed by atoms with E-state index in [0.717, 1.165) is 0 Å². The van der Waals surface area contributed by atoms with Gasteiger partial charge in [0, 0.05) is 12.1 Å². The van der Waals surface area contributed by atoms with E-state index in [0.29, 0.717) is 22.9 Å². The van der Waals surface area contributed by atoms with Crippen molar-refractivity contribution in [2.24, 2.45) is 5.73 Å². The monoisotopic (exact) mass is 242 g/mol. The Hall–Kier alpha value is -1.26. The van der Waals surface area contributed by atoms with Gasteiger partial charge in [0.25, 0.3) is 0 Å². The van der Waals surface area contributed by atoms with Crippen LogP contribution in [0.15, 0.2) is 18.2 Å². The van der Waals surface area contributed by atoms with E-state index < -0.39 is 0 Å². The van der Waals surface area contributed by atoms with Crippen molar-refractivity contribution in [1.82, 2.24) is 0 Å². The zero-order chi connectivity index (χ0) is 12.1. The van der Waals surface area contributed by atoms with Gasteiger partial charge < -0.3 is 15.2 Å². The second-order valence-corrected chi connectivity index (χ2v) is 3.87. The summed E-state index contributed by atoms with van der Waals surface area (Å²) >= 11 is 5.83. The first-order chi connectivity index (χ1) is 7.54. The van der Waals surface area contributed by atoms with Crippen LogP contribution < -0.4 is 10.5 Å². The number of nitrogens with one attached hydrogen (secondary N) is 1. The van der Waals surface area contributed by atoms with E-state index in [4.69, 9.17) is 32.2 Å². The summed E-state index contributed by atoms with van der Waals surface area (Å²) in [5.74, 6) is 0.476. The Morgan fingerprint density at radius 2 is 2.25 bits per heavy atom. The summed E-state index contributed by atoms with van der Waals surface area (Å²) in [6, 6.07) is 5.01. The van der Waals surface area contributed by atoms with Gasteiger partial charge >= 0.3 is 0 Å². The largest absolute Gasteiger partial charge is 0.488 e. The molecule has 88 valence electrons. The molecule has 1 aromatic rings. The van der Waals surface area contributed by atoms with Crippen molar-refractivity contribution in [3.63, 3.8) is 0 Å². The Kier molecular flexibility index (Phi) is 4.58. The number of hydrogen-bond acceptors (Lipinski definition) is 3. The van der Waals surface area contributed by atoms with Crippen molar-refractivity contribution in [3.05, 3.63) is 28.8 Å². The van der Waals surface area contributed by atoms with E-state index in [1.165, 1.54) is 0 Å². The van der Waals surface area contributed by atoms with Gasteiger partial charge in [0.15, 0.2) is 0 Å². The molecule has 0 fully saturated rings. The summed E-state index contributed by atoms with van der Waals surface area (Å²) in [4.78, 5) is 0. The van der Waals surface area contributed by atoms with E-state index in [1.807, 2.05) is 6.92 Å². The molecule has 0 saturated carbocycles. The van der Waals surface area contributed by atoms with Gasteiger partial charge in [0.1, 0.15) is 17.7 Å². The molecule has 0 aromatic heterocycles. The maximum Gasteiger partial charge on any atom is 0.130 e. The number of benzene rings is 1. The van der Waals surface area contributed by atoms with Gasteiger partial charge in [0.05, 0.1) is 12.2 Å².